The summed E-state index contributed by atoms with van der Waals surface area (Å²) in [5, 5.41) is 2.91. The molecule has 0 aliphatic carbocycles. The van der Waals surface area contributed by atoms with Gasteiger partial charge in [-0.1, -0.05) is 0 Å². The Kier molecular flexibility index (Phi) is 3.34. The Balaban J connectivity index is 2.13. The van der Waals surface area contributed by atoms with Crippen LogP contribution in [0.4, 0.5) is 11.8 Å². The van der Waals surface area contributed by atoms with Crippen LogP contribution in [-0.4, -0.2) is 36.4 Å². The minimum Gasteiger partial charge on any atom is -0.357 e. The van der Waals surface area contributed by atoms with Crippen molar-refractivity contribution >= 4 is 18.1 Å². The van der Waals surface area contributed by atoms with Crippen molar-refractivity contribution in [3.05, 3.63) is 12.3 Å². The van der Waals surface area contributed by atoms with Gasteiger partial charge in [0, 0.05) is 32.3 Å². The quantitative estimate of drug-likeness (QED) is 0.768. The molecule has 1 aromatic heterocycles. The van der Waals surface area contributed by atoms with Crippen LogP contribution >= 0.6 is 0 Å². The first-order valence-electron chi connectivity index (χ1n) is 5.54. The van der Waals surface area contributed by atoms with E-state index in [4.69, 9.17) is 0 Å². The van der Waals surface area contributed by atoms with Crippen LogP contribution in [0, 0.1) is 5.92 Å². The van der Waals surface area contributed by atoms with E-state index in [1.807, 2.05) is 6.07 Å². The van der Waals surface area contributed by atoms with Crippen LogP contribution < -0.4 is 10.2 Å². The lowest BCUT2D eigenvalue weighted by Gasteiger charge is -2.31. The highest BCUT2D eigenvalue weighted by atomic mass is 16.1. The highest BCUT2D eigenvalue weighted by Gasteiger charge is 2.20. The molecule has 0 spiro atoms. The number of anilines is 2. The Morgan fingerprint density at radius 1 is 1.62 bits per heavy atom. The lowest BCUT2D eigenvalue weighted by Crippen LogP contribution is -2.36. The van der Waals surface area contributed by atoms with Gasteiger partial charge in [-0.15, -0.1) is 0 Å². The predicted molar refractivity (Wildman–Crippen MR) is 62.6 cm³/mol. The number of nitrogens with one attached hydrogen (secondary N) is 1. The normalized spacial score (nSPS) is 20.6. The average molecular weight is 220 g/mol. The molecule has 5 heteroatoms. The van der Waals surface area contributed by atoms with Gasteiger partial charge < -0.3 is 15.0 Å². The number of aromatic nitrogens is 2. The summed E-state index contributed by atoms with van der Waals surface area (Å²) in [5.74, 6) is 1.65. The molecule has 86 valence electrons. The number of aldehydes is 1. The van der Waals surface area contributed by atoms with Gasteiger partial charge in [0.2, 0.25) is 5.95 Å². The molecule has 1 fully saturated rings. The van der Waals surface area contributed by atoms with Crippen molar-refractivity contribution < 1.29 is 4.79 Å². The molecule has 1 aromatic rings. The third kappa shape index (κ3) is 2.29. The van der Waals surface area contributed by atoms with E-state index in [0.29, 0.717) is 5.95 Å². The molecule has 1 saturated heterocycles. The van der Waals surface area contributed by atoms with Crippen LogP contribution in [0.3, 0.4) is 0 Å². The van der Waals surface area contributed by atoms with Crippen molar-refractivity contribution in [3.8, 4) is 0 Å². The van der Waals surface area contributed by atoms with Crippen molar-refractivity contribution in [2.75, 3.05) is 30.4 Å². The molecule has 0 saturated carbocycles. The second-order valence-electron chi connectivity index (χ2n) is 3.97. The van der Waals surface area contributed by atoms with E-state index in [9.17, 15) is 4.79 Å². The number of hydrogen-bond acceptors (Lipinski definition) is 5. The summed E-state index contributed by atoms with van der Waals surface area (Å²) in [4.78, 5) is 21.4. The van der Waals surface area contributed by atoms with Crippen molar-refractivity contribution in [1.29, 1.82) is 0 Å². The second kappa shape index (κ2) is 4.92. The summed E-state index contributed by atoms with van der Waals surface area (Å²) in [6, 6.07) is 1.88. The van der Waals surface area contributed by atoms with Gasteiger partial charge in [-0.05, 0) is 18.9 Å². The lowest BCUT2D eigenvalue weighted by molar-refractivity contribution is -0.111. The molecule has 1 unspecified atom stereocenters. The number of nitrogens with zero attached hydrogens (tertiary/aromatic N) is 3. The van der Waals surface area contributed by atoms with Crippen LogP contribution in [-0.2, 0) is 4.79 Å². The predicted octanol–water partition coefficient (Wildman–Crippen LogP) is 0.934. The Morgan fingerprint density at radius 3 is 3.25 bits per heavy atom. The highest BCUT2D eigenvalue weighted by Crippen LogP contribution is 2.20. The molecule has 1 aliphatic heterocycles. The van der Waals surface area contributed by atoms with Gasteiger partial charge in [-0.3, -0.25) is 0 Å². The second-order valence-corrected chi connectivity index (χ2v) is 3.97. The monoisotopic (exact) mass is 220 g/mol. The van der Waals surface area contributed by atoms with E-state index >= 15 is 0 Å². The van der Waals surface area contributed by atoms with Gasteiger partial charge in [0.15, 0.2) is 0 Å². The molecule has 1 N–H and O–H groups in total. The number of rotatable bonds is 3. The van der Waals surface area contributed by atoms with Gasteiger partial charge in [-0.2, -0.15) is 4.98 Å². The number of carbonyl (C=O) groups excluding carboxylic acids is 1. The van der Waals surface area contributed by atoms with Crippen LogP contribution in [0.2, 0.25) is 0 Å². The summed E-state index contributed by atoms with van der Waals surface area (Å²) in [5.41, 5.74) is 0. The Bertz CT molecular complexity index is 369. The first kappa shape index (κ1) is 10.9. The summed E-state index contributed by atoms with van der Waals surface area (Å²) in [6.07, 6.45) is 4.82. The number of hydrogen-bond donors (Lipinski definition) is 1. The zero-order valence-corrected chi connectivity index (χ0v) is 9.39. The smallest absolute Gasteiger partial charge is 0.224 e. The van der Waals surface area contributed by atoms with Crippen LogP contribution in [0.5, 0.6) is 0 Å². The fraction of sp³-hybridized carbons (Fsp3) is 0.545. The summed E-state index contributed by atoms with van der Waals surface area (Å²) in [6.45, 7) is 1.73. The molecule has 2 heterocycles. The molecular formula is C11H16N4O. The van der Waals surface area contributed by atoms with E-state index < -0.39 is 0 Å². The number of carbonyl (C=O) groups is 1. The first-order chi connectivity index (χ1) is 7.83. The third-order valence-corrected chi connectivity index (χ3v) is 2.84. The molecule has 0 aromatic carbocycles. The van der Waals surface area contributed by atoms with Crippen LogP contribution in [0.15, 0.2) is 12.3 Å². The van der Waals surface area contributed by atoms with Gasteiger partial charge in [0.05, 0.1) is 0 Å². The van der Waals surface area contributed by atoms with Gasteiger partial charge >= 0.3 is 0 Å². The minimum absolute atomic E-state index is 0.141. The van der Waals surface area contributed by atoms with Crippen LogP contribution in [0.1, 0.15) is 12.8 Å². The topological polar surface area (TPSA) is 58.1 Å². The van der Waals surface area contributed by atoms with Gasteiger partial charge in [0.25, 0.3) is 0 Å². The summed E-state index contributed by atoms with van der Waals surface area (Å²) < 4.78 is 0. The fourth-order valence-electron chi connectivity index (χ4n) is 1.97. The highest BCUT2D eigenvalue weighted by molar-refractivity contribution is 5.56. The van der Waals surface area contributed by atoms with Gasteiger partial charge in [-0.25, -0.2) is 4.98 Å². The minimum atomic E-state index is 0.141. The number of piperidine rings is 1. The molecule has 1 aliphatic rings. The molecule has 0 amide bonds. The molecule has 1 atom stereocenters. The van der Waals surface area contributed by atoms with E-state index in [2.05, 4.69) is 20.2 Å². The molecule has 16 heavy (non-hydrogen) atoms. The maximum absolute atomic E-state index is 10.8. The Hall–Kier alpha value is -1.65. The average Bonchev–Trinajstić information content (AvgIpc) is 2.39. The SMILES string of the molecule is CNc1nccc(N2CCCC(C=O)C2)n1. The maximum Gasteiger partial charge on any atom is 0.224 e. The van der Waals surface area contributed by atoms with Gasteiger partial charge in [0.1, 0.15) is 12.1 Å². The zero-order chi connectivity index (χ0) is 11.4. The molecule has 5 nitrogen and oxygen atoms in total. The fourth-order valence-corrected chi connectivity index (χ4v) is 1.97. The molecule has 0 radical (unpaired) electrons. The first-order valence-corrected chi connectivity index (χ1v) is 5.54. The lowest BCUT2D eigenvalue weighted by atomic mass is 10.00. The standard InChI is InChI=1S/C11H16N4O/c1-12-11-13-5-4-10(14-11)15-6-2-3-9(7-15)8-16/h4-5,8-9H,2-3,6-7H2,1H3,(H,12,13,14). The van der Waals surface area contributed by atoms with Crippen molar-refractivity contribution in [1.82, 2.24) is 9.97 Å². The molecule has 2 rings (SSSR count). The Labute approximate surface area is 94.9 Å². The van der Waals surface area contributed by atoms with Crippen LogP contribution in [0.25, 0.3) is 0 Å². The largest absolute Gasteiger partial charge is 0.357 e. The maximum atomic E-state index is 10.8. The Morgan fingerprint density at radius 2 is 2.50 bits per heavy atom. The molecular weight excluding hydrogens is 204 g/mol. The van der Waals surface area contributed by atoms with Crippen molar-refractivity contribution in [2.24, 2.45) is 5.92 Å². The zero-order valence-electron chi connectivity index (χ0n) is 9.39. The molecule has 0 bridgehead atoms. The summed E-state index contributed by atoms with van der Waals surface area (Å²) >= 11 is 0. The van der Waals surface area contributed by atoms with E-state index in [1.165, 1.54) is 0 Å². The van der Waals surface area contributed by atoms with E-state index in [0.717, 1.165) is 38.0 Å². The van der Waals surface area contributed by atoms with E-state index in [-0.39, 0.29) is 5.92 Å². The van der Waals surface area contributed by atoms with Crippen molar-refractivity contribution in [3.63, 3.8) is 0 Å². The summed E-state index contributed by atoms with van der Waals surface area (Å²) in [7, 11) is 1.80. The third-order valence-electron chi connectivity index (χ3n) is 2.84. The van der Waals surface area contributed by atoms with Crippen molar-refractivity contribution in [2.45, 2.75) is 12.8 Å². The van der Waals surface area contributed by atoms with E-state index in [1.54, 1.807) is 13.2 Å².